The molecule has 0 unspecified atom stereocenters. The maximum absolute atomic E-state index is 11.6. The van der Waals surface area contributed by atoms with E-state index in [0.29, 0.717) is 11.5 Å². The van der Waals surface area contributed by atoms with Crippen molar-refractivity contribution in [3.63, 3.8) is 0 Å². The van der Waals surface area contributed by atoms with Gasteiger partial charge in [-0.3, -0.25) is 4.98 Å². The Morgan fingerprint density at radius 3 is 2.42 bits per heavy atom. The Morgan fingerprint density at radius 1 is 1.32 bits per heavy atom. The molecule has 2 aromatic rings. The Bertz CT molecular complexity index is 698. The van der Waals surface area contributed by atoms with Gasteiger partial charge in [0.05, 0.1) is 11.9 Å². The summed E-state index contributed by atoms with van der Waals surface area (Å²) in [6.45, 7) is 3.59. The second-order valence-electron chi connectivity index (χ2n) is 4.07. The molecule has 102 valence electrons. The third kappa shape index (κ3) is 2.72. The molecule has 2 heterocycles. The first-order valence-corrected chi connectivity index (χ1v) is 8.00. The first-order valence-electron chi connectivity index (χ1n) is 5.32. The molecule has 2 rings (SSSR count). The van der Waals surface area contributed by atoms with Crippen LogP contribution in [-0.4, -0.2) is 28.2 Å². The summed E-state index contributed by atoms with van der Waals surface area (Å²) in [5.74, 6) is 0.167. The summed E-state index contributed by atoms with van der Waals surface area (Å²) in [5.41, 5.74) is 0.297. The van der Waals surface area contributed by atoms with E-state index in [0.717, 1.165) is 0 Å². The summed E-state index contributed by atoms with van der Waals surface area (Å²) < 4.78 is 24.4. The highest BCUT2D eigenvalue weighted by atomic mass is 35.7. The highest BCUT2D eigenvalue weighted by Crippen LogP contribution is 2.33. The van der Waals surface area contributed by atoms with Crippen molar-refractivity contribution in [2.45, 2.75) is 24.7 Å². The molecule has 19 heavy (non-hydrogen) atoms. The lowest BCUT2D eigenvalue weighted by Crippen LogP contribution is -2.01. The van der Waals surface area contributed by atoms with Gasteiger partial charge in [-0.05, 0) is 5.92 Å². The van der Waals surface area contributed by atoms with Gasteiger partial charge < -0.3 is 0 Å². The molecular formula is C10H10Cl2N4O2S. The van der Waals surface area contributed by atoms with Gasteiger partial charge in [0.2, 0.25) is 0 Å². The second kappa shape index (κ2) is 5.07. The molecule has 0 spiro atoms. The molecule has 0 amide bonds. The van der Waals surface area contributed by atoms with Crippen LogP contribution in [0, 0.1) is 0 Å². The molecular weight excluding hydrogens is 311 g/mol. The van der Waals surface area contributed by atoms with Crippen molar-refractivity contribution in [2.75, 3.05) is 0 Å². The summed E-state index contributed by atoms with van der Waals surface area (Å²) in [4.78, 5) is 7.72. The Hall–Kier alpha value is -1.18. The van der Waals surface area contributed by atoms with Crippen molar-refractivity contribution in [1.82, 2.24) is 19.7 Å². The molecule has 0 aliphatic heterocycles. The van der Waals surface area contributed by atoms with Crippen LogP contribution in [-0.2, 0) is 9.05 Å². The van der Waals surface area contributed by atoms with Gasteiger partial charge in [0.15, 0.2) is 11.0 Å². The molecule has 9 heteroatoms. The van der Waals surface area contributed by atoms with Crippen molar-refractivity contribution in [3.8, 4) is 5.82 Å². The zero-order valence-electron chi connectivity index (χ0n) is 10.1. The lowest BCUT2D eigenvalue weighted by molar-refractivity contribution is 0.607. The van der Waals surface area contributed by atoms with Crippen LogP contribution in [0.3, 0.4) is 0 Å². The van der Waals surface area contributed by atoms with Crippen LogP contribution in [0.2, 0.25) is 5.15 Å². The number of rotatable bonds is 3. The highest BCUT2D eigenvalue weighted by molar-refractivity contribution is 8.13. The predicted molar refractivity (Wildman–Crippen MR) is 71.3 cm³/mol. The number of halogens is 2. The molecule has 0 radical (unpaired) electrons. The fraction of sp³-hybridized carbons (Fsp3) is 0.300. The van der Waals surface area contributed by atoms with Gasteiger partial charge in [-0.1, -0.05) is 25.4 Å². The predicted octanol–water partition coefficient (Wildman–Crippen LogP) is 2.37. The molecule has 0 N–H and O–H groups in total. The fourth-order valence-corrected chi connectivity index (χ4v) is 3.47. The molecule has 0 saturated heterocycles. The summed E-state index contributed by atoms with van der Waals surface area (Å²) in [6.07, 6.45) is 4.37. The molecule has 0 aromatic carbocycles. The standard InChI is InChI=1S/C10H10Cl2N4O2S/c1-6(2)8-9(19(12,17)18)10(11)16(15-8)7-5-13-3-4-14-7/h3-6H,1-2H3. The zero-order chi connectivity index (χ0) is 14.2. The topological polar surface area (TPSA) is 77.7 Å². The van der Waals surface area contributed by atoms with Crippen molar-refractivity contribution < 1.29 is 8.42 Å². The molecule has 0 saturated carbocycles. The lowest BCUT2D eigenvalue weighted by atomic mass is 10.1. The van der Waals surface area contributed by atoms with Crippen LogP contribution < -0.4 is 0 Å². The van der Waals surface area contributed by atoms with E-state index in [1.54, 1.807) is 13.8 Å². The molecule has 0 aliphatic carbocycles. The second-order valence-corrected chi connectivity index (χ2v) is 6.93. The molecule has 6 nitrogen and oxygen atoms in total. The summed E-state index contributed by atoms with van der Waals surface area (Å²) in [5, 5.41) is 4.07. The smallest absolute Gasteiger partial charge is 0.259 e. The van der Waals surface area contributed by atoms with Crippen LogP contribution in [0.5, 0.6) is 0 Å². The van der Waals surface area contributed by atoms with Crippen molar-refractivity contribution in [2.24, 2.45) is 0 Å². The third-order valence-corrected chi connectivity index (χ3v) is 4.19. The molecule has 0 bridgehead atoms. The zero-order valence-corrected chi connectivity index (χ0v) is 12.4. The van der Waals surface area contributed by atoms with E-state index in [9.17, 15) is 8.42 Å². The summed E-state index contributed by atoms with van der Waals surface area (Å²) in [7, 11) is 1.42. The van der Waals surface area contributed by atoms with Gasteiger partial charge in [-0.25, -0.2) is 18.1 Å². The molecule has 0 aliphatic rings. The Labute approximate surface area is 119 Å². The lowest BCUT2D eigenvalue weighted by Gasteiger charge is -2.01. The van der Waals surface area contributed by atoms with E-state index in [1.165, 1.54) is 23.3 Å². The molecule has 0 fully saturated rings. The maximum atomic E-state index is 11.6. The number of hydrogen-bond donors (Lipinski definition) is 0. The number of nitrogens with zero attached hydrogens (tertiary/aromatic N) is 4. The van der Waals surface area contributed by atoms with Crippen LogP contribution in [0.4, 0.5) is 0 Å². The van der Waals surface area contributed by atoms with Gasteiger partial charge in [-0.2, -0.15) is 5.10 Å². The van der Waals surface area contributed by atoms with Gasteiger partial charge in [-0.15, -0.1) is 0 Å². The highest BCUT2D eigenvalue weighted by Gasteiger charge is 2.28. The minimum Gasteiger partial charge on any atom is -0.259 e. The third-order valence-electron chi connectivity index (χ3n) is 2.37. The van der Waals surface area contributed by atoms with E-state index >= 15 is 0 Å². The first kappa shape index (κ1) is 14.2. The van der Waals surface area contributed by atoms with E-state index in [2.05, 4.69) is 15.1 Å². The average Bonchev–Trinajstić information content (AvgIpc) is 2.68. The first-order chi connectivity index (χ1) is 8.82. The van der Waals surface area contributed by atoms with Gasteiger partial charge >= 0.3 is 0 Å². The van der Waals surface area contributed by atoms with E-state index in [4.69, 9.17) is 22.3 Å². The Morgan fingerprint density at radius 2 is 2.00 bits per heavy atom. The summed E-state index contributed by atoms with van der Waals surface area (Å²) in [6, 6.07) is 0. The van der Waals surface area contributed by atoms with E-state index in [-0.39, 0.29) is 16.0 Å². The number of hydrogen-bond acceptors (Lipinski definition) is 5. The minimum absolute atomic E-state index is 0.0980. The Balaban J connectivity index is 2.74. The molecule has 2 aromatic heterocycles. The monoisotopic (exact) mass is 320 g/mol. The molecule has 0 atom stereocenters. The van der Waals surface area contributed by atoms with Crippen LogP contribution >= 0.6 is 22.3 Å². The fourth-order valence-electron chi connectivity index (χ4n) is 1.55. The Kier molecular flexibility index (Phi) is 3.80. The summed E-state index contributed by atoms with van der Waals surface area (Å²) >= 11 is 6.06. The van der Waals surface area contributed by atoms with Crippen LogP contribution in [0.25, 0.3) is 5.82 Å². The number of aromatic nitrogens is 4. The van der Waals surface area contributed by atoms with Crippen molar-refractivity contribution >= 4 is 31.3 Å². The van der Waals surface area contributed by atoms with Crippen molar-refractivity contribution in [1.29, 1.82) is 0 Å². The maximum Gasteiger partial charge on any atom is 0.266 e. The van der Waals surface area contributed by atoms with Crippen molar-refractivity contribution in [3.05, 3.63) is 29.4 Å². The van der Waals surface area contributed by atoms with E-state index in [1.807, 2.05) is 0 Å². The van der Waals surface area contributed by atoms with E-state index < -0.39 is 9.05 Å². The average molecular weight is 321 g/mol. The van der Waals surface area contributed by atoms with Crippen LogP contribution in [0.15, 0.2) is 23.5 Å². The largest absolute Gasteiger partial charge is 0.266 e. The quantitative estimate of drug-likeness (QED) is 0.811. The van der Waals surface area contributed by atoms with Gasteiger partial charge in [0.25, 0.3) is 9.05 Å². The van der Waals surface area contributed by atoms with Gasteiger partial charge in [0.1, 0.15) is 4.90 Å². The normalized spacial score (nSPS) is 12.1. The SMILES string of the molecule is CC(C)c1nn(-c2cnccn2)c(Cl)c1S(=O)(=O)Cl. The van der Waals surface area contributed by atoms with Gasteiger partial charge in [0, 0.05) is 23.1 Å². The van der Waals surface area contributed by atoms with Crippen LogP contribution in [0.1, 0.15) is 25.5 Å². The minimum atomic E-state index is -3.99.